The number of hydrogen-bond donors (Lipinski definition) is 1. The van der Waals surface area contributed by atoms with Crippen LogP contribution in [0.15, 0.2) is 18.2 Å². The van der Waals surface area contributed by atoms with Crippen molar-refractivity contribution in [2.24, 2.45) is 5.73 Å². The number of hydrogen-bond acceptors (Lipinski definition) is 3. The second-order valence-corrected chi connectivity index (χ2v) is 6.45. The van der Waals surface area contributed by atoms with E-state index < -0.39 is 17.6 Å². The molecule has 2 amide bonds. The quantitative estimate of drug-likeness (QED) is 0.905. The lowest BCUT2D eigenvalue weighted by molar-refractivity contribution is -0.137. The van der Waals surface area contributed by atoms with E-state index in [-0.39, 0.29) is 29.7 Å². The number of rotatable bonds is 3. The minimum atomic E-state index is -4.59. The summed E-state index contributed by atoms with van der Waals surface area (Å²) in [5.41, 5.74) is 4.82. The van der Waals surface area contributed by atoms with Gasteiger partial charge in [0.15, 0.2) is 0 Å². The van der Waals surface area contributed by atoms with E-state index in [1.807, 2.05) is 0 Å². The highest BCUT2D eigenvalue weighted by Gasteiger charge is 2.35. The third-order valence-corrected chi connectivity index (χ3v) is 4.79. The third-order valence-electron chi connectivity index (χ3n) is 4.79. The lowest BCUT2D eigenvalue weighted by Crippen LogP contribution is -2.40. The fraction of sp³-hybridized carbons (Fsp3) is 0.529. The van der Waals surface area contributed by atoms with Gasteiger partial charge >= 0.3 is 6.18 Å². The van der Waals surface area contributed by atoms with E-state index in [4.69, 9.17) is 5.73 Å². The van der Waals surface area contributed by atoms with Gasteiger partial charge in [-0.15, -0.1) is 0 Å². The molecule has 0 aromatic heterocycles. The lowest BCUT2D eigenvalue weighted by atomic mass is 10.1. The van der Waals surface area contributed by atoms with Gasteiger partial charge < -0.3 is 15.5 Å². The molecule has 2 N–H and O–H groups in total. The highest BCUT2D eigenvalue weighted by molar-refractivity contribution is 5.99. The summed E-state index contributed by atoms with van der Waals surface area (Å²) in [5.74, 6) is -0.689. The smallest absolute Gasteiger partial charge is 0.334 e. The Labute approximate surface area is 143 Å². The van der Waals surface area contributed by atoms with E-state index in [9.17, 15) is 22.8 Å². The second kappa shape index (κ2) is 6.67. The van der Waals surface area contributed by atoms with Gasteiger partial charge in [0.05, 0.1) is 5.56 Å². The van der Waals surface area contributed by atoms with Crippen molar-refractivity contribution in [2.45, 2.75) is 37.9 Å². The Morgan fingerprint density at radius 3 is 2.56 bits per heavy atom. The topological polar surface area (TPSA) is 66.6 Å². The van der Waals surface area contributed by atoms with E-state index in [1.54, 1.807) is 0 Å². The Bertz CT molecular complexity index is 690. The summed E-state index contributed by atoms with van der Waals surface area (Å²) in [5, 5.41) is 0. The van der Waals surface area contributed by atoms with Crippen LogP contribution in [0.5, 0.6) is 0 Å². The van der Waals surface area contributed by atoms with Gasteiger partial charge in [-0.25, -0.2) is 0 Å². The molecule has 0 bridgehead atoms. The van der Waals surface area contributed by atoms with Crippen LogP contribution in [-0.4, -0.2) is 42.4 Å². The van der Waals surface area contributed by atoms with Crippen molar-refractivity contribution in [3.05, 3.63) is 29.3 Å². The minimum absolute atomic E-state index is 0.0510. The number of likely N-dealkylation sites (tertiary alicyclic amines) is 1. The van der Waals surface area contributed by atoms with E-state index >= 15 is 0 Å². The van der Waals surface area contributed by atoms with Gasteiger partial charge in [0, 0.05) is 43.3 Å². The Morgan fingerprint density at radius 2 is 1.96 bits per heavy atom. The van der Waals surface area contributed by atoms with E-state index in [0.29, 0.717) is 25.9 Å². The van der Waals surface area contributed by atoms with E-state index in [0.717, 1.165) is 25.0 Å². The van der Waals surface area contributed by atoms with Crippen LogP contribution in [0.3, 0.4) is 0 Å². The molecule has 136 valence electrons. The number of carbonyl (C=O) groups is 2. The lowest BCUT2D eigenvalue weighted by Gasteiger charge is -2.25. The number of alkyl halides is 3. The standard InChI is InChI=1S/C17H20F3N3O2/c18-17(19,20)12-7-11(16(25)23-6-1-3-13(23)10-21)8-14(9-12)22-5-2-4-15(22)24/h7-9,13H,1-6,10,21H2/t13-/m1/s1. The number of carbonyl (C=O) groups excluding carboxylic acids is 2. The van der Waals surface area contributed by atoms with Gasteiger partial charge in [0.1, 0.15) is 0 Å². The molecular weight excluding hydrogens is 335 g/mol. The zero-order chi connectivity index (χ0) is 18.2. The molecule has 2 saturated heterocycles. The highest BCUT2D eigenvalue weighted by atomic mass is 19.4. The predicted octanol–water partition coefficient (Wildman–Crippen LogP) is 2.40. The summed E-state index contributed by atoms with van der Waals surface area (Å²) in [6.07, 6.45) is -2.16. The first kappa shape index (κ1) is 17.7. The van der Waals surface area contributed by atoms with Gasteiger partial charge in [0.2, 0.25) is 5.91 Å². The largest absolute Gasteiger partial charge is 0.416 e. The molecule has 1 aromatic carbocycles. The summed E-state index contributed by atoms with van der Waals surface area (Å²) < 4.78 is 39.8. The first-order chi connectivity index (χ1) is 11.8. The number of nitrogens with zero attached hydrogens (tertiary/aromatic N) is 2. The van der Waals surface area contributed by atoms with Gasteiger partial charge in [-0.2, -0.15) is 13.2 Å². The monoisotopic (exact) mass is 355 g/mol. The zero-order valence-electron chi connectivity index (χ0n) is 13.7. The Kier molecular flexibility index (Phi) is 4.73. The van der Waals surface area contributed by atoms with Crippen LogP contribution < -0.4 is 10.6 Å². The highest BCUT2D eigenvalue weighted by Crippen LogP contribution is 2.35. The molecule has 8 heteroatoms. The third kappa shape index (κ3) is 3.49. The van der Waals surface area contributed by atoms with E-state index in [1.165, 1.54) is 15.9 Å². The van der Waals surface area contributed by atoms with Crippen LogP contribution in [-0.2, 0) is 11.0 Å². The Balaban J connectivity index is 2.00. The molecule has 1 aromatic rings. The summed E-state index contributed by atoms with van der Waals surface area (Å²) in [6, 6.07) is 3.02. The molecule has 2 fully saturated rings. The molecule has 5 nitrogen and oxygen atoms in total. The van der Waals surface area contributed by atoms with Crippen LogP contribution in [0.2, 0.25) is 0 Å². The maximum atomic E-state index is 13.3. The van der Waals surface area contributed by atoms with Crippen molar-refractivity contribution in [3.63, 3.8) is 0 Å². The minimum Gasteiger partial charge on any atom is -0.334 e. The molecule has 0 saturated carbocycles. The van der Waals surface area contributed by atoms with Gasteiger partial charge in [-0.1, -0.05) is 0 Å². The first-order valence-corrected chi connectivity index (χ1v) is 8.35. The van der Waals surface area contributed by atoms with Crippen molar-refractivity contribution in [1.82, 2.24) is 4.90 Å². The van der Waals surface area contributed by atoms with Gasteiger partial charge in [-0.05, 0) is 37.5 Å². The molecule has 0 spiro atoms. The Morgan fingerprint density at radius 1 is 1.20 bits per heavy atom. The molecule has 3 rings (SSSR count). The molecule has 0 aliphatic carbocycles. The SMILES string of the molecule is NC[C@H]1CCCN1C(=O)c1cc(N2CCCC2=O)cc(C(F)(F)F)c1. The van der Waals surface area contributed by atoms with Crippen molar-refractivity contribution in [3.8, 4) is 0 Å². The molecule has 25 heavy (non-hydrogen) atoms. The maximum absolute atomic E-state index is 13.3. The zero-order valence-corrected chi connectivity index (χ0v) is 13.7. The van der Waals surface area contributed by atoms with Crippen molar-refractivity contribution in [1.29, 1.82) is 0 Å². The maximum Gasteiger partial charge on any atom is 0.416 e. The van der Waals surface area contributed by atoms with Crippen LogP contribution in [0.1, 0.15) is 41.6 Å². The predicted molar refractivity (Wildman–Crippen MR) is 86.1 cm³/mol. The number of amides is 2. The summed E-state index contributed by atoms with van der Waals surface area (Å²) in [4.78, 5) is 27.5. The van der Waals surface area contributed by atoms with E-state index in [2.05, 4.69) is 0 Å². The second-order valence-electron chi connectivity index (χ2n) is 6.45. The molecule has 2 aliphatic heterocycles. The van der Waals surface area contributed by atoms with Gasteiger partial charge in [-0.3, -0.25) is 9.59 Å². The molecule has 2 aliphatic rings. The van der Waals surface area contributed by atoms with Crippen molar-refractivity contribution >= 4 is 17.5 Å². The van der Waals surface area contributed by atoms with Crippen molar-refractivity contribution < 1.29 is 22.8 Å². The number of nitrogens with two attached hydrogens (primary N) is 1. The molecule has 0 radical (unpaired) electrons. The number of benzene rings is 1. The number of halogens is 3. The fourth-order valence-electron chi connectivity index (χ4n) is 3.49. The summed E-state index contributed by atoms with van der Waals surface area (Å²) >= 11 is 0. The van der Waals surface area contributed by atoms with Crippen LogP contribution in [0.4, 0.5) is 18.9 Å². The van der Waals surface area contributed by atoms with Crippen LogP contribution in [0.25, 0.3) is 0 Å². The average Bonchev–Trinajstić information content (AvgIpc) is 3.21. The van der Waals surface area contributed by atoms with Crippen molar-refractivity contribution in [2.75, 3.05) is 24.5 Å². The number of anilines is 1. The molecular formula is C17H20F3N3O2. The normalized spacial score (nSPS) is 21.3. The molecule has 0 unspecified atom stereocenters. The first-order valence-electron chi connectivity index (χ1n) is 8.35. The molecule has 1 atom stereocenters. The van der Waals surface area contributed by atoms with Crippen LogP contribution >= 0.6 is 0 Å². The Hall–Kier alpha value is -2.09. The summed E-state index contributed by atoms with van der Waals surface area (Å²) in [6.45, 7) is 1.13. The summed E-state index contributed by atoms with van der Waals surface area (Å²) in [7, 11) is 0. The van der Waals surface area contributed by atoms with Crippen LogP contribution in [0, 0.1) is 0 Å². The average molecular weight is 355 g/mol. The fourth-order valence-corrected chi connectivity index (χ4v) is 3.49. The molecule has 2 heterocycles. The van der Waals surface area contributed by atoms with Gasteiger partial charge in [0.25, 0.3) is 5.91 Å².